The summed E-state index contributed by atoms with van der Waals surface area (Å²) < 4.78 is 37.4. The number of halogens is 3. The fourth-order valence-corrected chi connectivity index (χ4v) is 1.66. The first-order chi connectivity index (χ1) is 10.4. The molecule has 0 aliphatic heterocycles. The molecule has 0 amide bonds. The summed E-state index contributed by atoms with van der Waals surface area (Å²) in [5, 5.41) is 12.3. The first-order valence-corrected chi connectivity index (χ1v) is 6.16. The van der Waals surface area contributed by atoms with Crippen LogP contribution in [-0.4, -0.2) is 22.1 Å². The van der Waals surface area contributed by atoms with Crippen LogP contribution in [0.2, 0.25) is 0 Å². The maximum absolute atomic E-state index is 12.5. The number of aromatic nitrogens is 1. The first-order valence-electron chi connectivity index (χ1n) is 6.16. The van der Waals surface area contributed by atoms with Crippen molar-refractivity contribution in [3.8, 4) is 5.75 Å². The lowest BCUT2D eigenvalue weighted by atomic mass is 10.1. The summed E-state index contributed by atoms with van der Waals surface area (Å²) in [6.45, 7) is 0. The predicted octanol–water partition coefficient (Wildman–Crippen LogP) is 3.37. The van der Waals surface area contributed by atoms with Crippen molar-refractivity contribution in [2.75, 3.05) is 5.32 Å². The molecule has 7 heteroatoms. The Balaban J connectivity index is 2.41. The second kappa shape index (κ2) is 6.30. The monoisotopic (exact) mass is 308 g/mol. The number of alkyl halides is 3. The molecule has 0 saturated heterocycles. The van der Waals surface area contributed by atoms with Crippen LogP contribution in [0.3, 0.4) is 0 Å². The topological polar surface area (TPSA) is 62.2 Å². The van der Waals surface area contributed by atoms with Crippen molar-refractivity contribution in [2.24, 2.45) is 0 Å². The lowest BCUT2D eigenvalue weighted by Crippen LogP contribution is -2.21. The van der Waals surface area contributed by atoms with Crippen molar-refractivity contribution in [3.05, 3.63) is 60.4 Å². The highest BCUT2D eigenvalue weighted by molar-refractivity contribution is 6.02. The SMILES string of the molecule is O=C(/C=C(\Nc1ccccc1O)c1ccncc1)C(F)(F)F. The maximum Gasteiger partial charge on any atom is 0.454 e. The van der Waals surface area contributed by atoms with E-state index in [-0.39, 0.29) is 17.1 Å². The molecule has 0 aliphatic rings. The summed E-state index contributed by atoms with van der Waals surface area (Å²) in [7, 11) is 0. The van der Waals surface area contributed by atoms with Gasteiger partial charge in [-0.25, -0.2) is 0 Å². The minimum Gasteiger partial charge on any atom is -0.506 e. The Morgan fingerprint density at radius 2 is 1.77 bits per heavy atom. The number of hydrogen-bond acceptors (Lipinski definition) is 4. The number of benzene rings is 1. The molecule has 114 valence electrons. The zero-order valence-corrected chi connectivity index (χ0v) is 11.1. The maximum atomic E-state index is 12.5. The van der Waals surface area contributed by atoms with Crippen LogP contribution in [0.4, 0.5) is 18.9 Å². The summed E-state index contributed by atoms with van der Waals surface area (Å²) in [4.78, 5) is 15.0. The molecule has 0 spiro atoms. The molecule has 2 N–H and O–H groups in total. The first kappa shape index (κ1) is 15.6. The number of para-hydroxylation sites is 2. The Hall–Kier alpha value is -2.83. The van der Waals surface area contributed by atoms with E-state index in [9.17, 15) is 23.1 Å². The number of anilines is 1. The van der Waals surface area contributed by atoms with E-state index in [1.807, 2.05) is 0 Å². The number of pyridine rings is 1. The van der Waals surface area contributed by atoms with Gasteiger partial charge < -0.3 is 10.4 Å². The summed E-state index contributed by atoms with van der Waals surface area (Å²) in [6, 6.07) is 8.90. The molecular formula is C15H11F3N2O2. The van der Waals surface area contributed by atoms with Gasteiger partial charge in [-0.3, -0.25) is 9.78 Å². The molecule has 0 atom stereocenters. The number of carbonyl (C=O) groups is 1. The van der Waals surface area contributed by atoms with Crippen LogP contribution in [0.1, 0.15) is 5.56 Å². The minimum absolute atomic E-state index is 0.0915. The van der Waals surface area contributed by atoms with E-state index in [2.05, 4.69) is 10.3 Å². The van der Waals surface area contributed by atoms with Gasteiger partial charge in [-0.05, 0) is 24.3 Å². The van der Waals surface area contributed by atoms with Crippen LogP contribution in [-0.2, 0) is 4.79 Å². The van der Waals surface area contributed by atoms with Gasteiger partial charge in [0.1, 0.15) is 5.75 Å². The van der Waals surface area contributed by atoms with Gasteiger partial charge in [0.15, 0.2) is 0 Å². The quantitative estimate of drug-likeness (QED) is 0.671. The van der Waals surface area contributed by atoms with Crippen LogP contribution in [0.25, 0.3) is 5.70 Å². The fraction of sp³-hybridized carbons (Fsp3) is 0.0667. The fourth-order valence-electron chi connectivity index (χ4n) is 1.66. The third kappa shape index (κ3) is 3.85. The average molecular weight is 308 g/mol. The number of phenols is 1. The summed E-state index contributed by atoms with van der Waals surface area (Å²) in [5.41, 5.74) is 0.419. The number of carbonyl (C=O) groups excluding carboxylic acids is 1. The van der Waals surface area contributed by atoms with E-state index < -0.39 is 12.0 Å². The molecule has 0 saturated carbocycles. The number of ketones is 1. The second-order valence-electron chi connectivity index (χ2n) is 4.30. The molecule has 1 aromatic heterocycles. The van der Waals surface area contributed by atoms with Crippen LogP contribution >= 0.6 is 0 Å². The molecule has 0 aliphatic carbocycles. The smallest absolute Gasteiger partial charge is 0.454 e. The van der Waals surface area contributed by atoms with E-state index in [4.69, 9.17) is 0 Å². The van der Waals surface area contributed by atoms with E-state index in [0.717, 1.165) is 0 Å². The van der Waals surface area contributed by atoms with Gasteiger partial charge in [0, 0.05) is 29.7 Å². The predicted molar refractivity (Wildman–Crippen MR) is 75.0 cm³/mol. The molecular weight excluding hydrogens is 297 g/mol. The van der Waals surface area contributed by atoms with Gasteiger partial charge in [0.2, 0.25) is 0 Å². The van der Waals surface area contributed by atoms with Crippen LogP contribution < -0.4 is 5.32 Å². The summed E-state index contributed by atoms with van der Waals surface area (Å²) in [6.07, 6.45) is -1.76. The van der Waals surface area contributed by atoms with Gasteiger partial charge in [-0.2, -0.15) is 13.2 Å². The van der Waals surface area contributed by atoms with Crippen LogP contribution in [0.5, 0.6) is 5.75 Å². The van der Waals surface area contributed by atoms with E-state index >= 15 is 0 Å². The van der Waals surface area contributed by atoms with Gasteiger partial charge in [-0.15, -0.1) is 0 Å². The second-order valence-corrected chi connectivity index (χ2v) is 4.30. The van der Waals surface area contributed by atoms with Crippen molar-refractivity contribution < 1.29 is 23.1 Å². The Morgan fingerprint density at radius 3 is 2.36 bits per heavy atom. The van der Waals surface area contributed by atoms with E-state index in [1.54, 1.807) is 12.1 Å². The summed E-state index contributed by atoms with van der Waals surface area (Å²) in [5.74, 6) is -2.15. The van der Waals surface area contributed by atoms with E-state index in [0.29, 0.717) is 11.6 Å². The van der Waals surface area contributed by atoms with Crippen LogP contribution in [0, 0.1) is 0 Å². The van der Waals surface area contributed by atoms with Gasteiger partial charge in [0.05, 0.1) is 5.69 Å². The molecule has 1 aromatic carbocycles. The molecule has 22 heavy (non-hydrogen) atoms. The minimum atomic E-state index is -4.97. The Labute approximate surface area is 123 Å². The normalized spacial score (nSPS) is 12.0. The average Bonchev–Trinajstić information content (AvgIpc) is 2.48. The van der Waals surface area contributed by atoms with Crippen molar-refractivity contribution in [3.63, 3.8) is 0 Å². The highest BCUT2D eigenvalue weighted by Crippen LogP contribution is 2.27. The van der Waals surface area contributed by atoms with Gasteiger partial charge >= 0.3 is 6.18 Å². The van der Waals surface area contributed by atoms with Crippen molar-refractivity contribution in [1.29, 1.82) is 0 Å². The largest absolute Gasteiger partial charge is 0.506 e. The van der Waals surface area contributed by atoms with Gasteiger partial charge in [0.25, 0.3) is 5.78 Å². The molecule has 0 fully saturated rings. The molecule has 0 bridgehead atoms. The number of rotatable bonds is 4. The zero-order valence-electron chi connectivity index (χ0n) is 11.1. The summed E-state index contributed by atoms with van der Waals surface area (Å²) >= 11 is 0. The molecule has 0 radical (unpaired) electrons. The lowest BCUT2D eigenvalue weighted by Gasteiger charge is -2.13. The number of hydrogen-bond donors (Lipinski definition) is 2. The Kier molecular flexibility index (Phi) is 4.45. The Morgan fingerprint density at radius 1 is 1.14 bits per heavy atom. The van der Waals surface area contributed by atoms with Crippen molar-refractivity contribution in [2.45, 2.75) is 6.18 Å². The van der Waals surface area contributed by atoms with Crippen molar-refractivity contribution in [1.82, 2.24) is 4.98 Å². The third-order valence-electron chi connectivity index (χ3n) is 2.72. The number of nitrogens with one attached hydrogen (secondary N) is 1. The van der Waals surface area contributed by atoms with Crippen LogP contribution in [0.15, 0.2) is 54.9 Å². The number of nitrogens with zero attached hydrogens (tertiary/aromatic N) is 1. The molecule has 0 unspecified atom stereocenters. The van der Waals surface area contributed by atoms with Gasteiger partial charge in [-0.1, -0.05) is 12.1 Å². The van der Waals surface area contributed by atoms with E-state index in [1.165, 1.54) is 36.7 Å². The zero-order chi connectivity index (χ0) is 16.2. The highest BCUT2D eigenvalue weighted by atomic mass is 19.4. The number of allylic oxidation sites excluding steroid dienone is 1. The number of phenolic OH excluding ortho intramolecular Hbond substituents is 1. The number of aromatic hydroxyl groups is 1. The Bertz CT molecular complexity index is 697. The third-order valence-corrected chi connectivity index (χ3v) is 2.72. The van der Waals surface area contributed by atoms with Crippen molar-refractivity contribution >= 4 is 17.2 Å². The molecule has 1 heterocycles. The standard InChI is InChI=1S/C15H11F3N2O2/c16-15(17,18)14(22)9-12(10-5-7-19-8-6-10)20-11-3-1-2-4-13(11)21/h1-9,20-21H/b12-9-. The molecule has 2 aromatic rings. The molecule has 2 rings (SSSR count). The molecule has 4 nitrogen and oxygen atoms in total. The highest BCUT2D eigenvalue weighted by Gasteiger charge is 2.37. The lowest BCUT2D eigenvalue weighted by molar-refractivity contribution is -0.165.